The Morgan fingerprint density at radius 1 is 1.10 bits per heavy atom. The summed E-state index contributed by atoms with van der Waals surface area (Å²) >= 11 is 1.96. The van der Waals surface area contributed by atoms with E-state index in [1.165, 1.54) is 57.4 Å². The molecule has 1 unspecified atom stereocenters. The molecular weight excluding hydrogens is 670 g/mol. The van der Waals surface area contributed by atoms with Crippen molar-refractivity contribution in [3.8, 4) is 5.69 Å². The van der Waals surface area contributed by atoms with Crippen molar-refractivity contribution in [2.24, 2.45) is 13.0 Å². The molecule has 0 aliphatic heterocycles. The van der Waals surface area contributed by atoms with E-state index in [1.807, 2.05) is 22.6 Å². The van der Waals surface area contributed by atoms with E-state index >= 15 is 0 Å². The van der Waals surface area contributed by atoms with Gasteiger partial charge < -0.3 is 10.4 Å². The van der Waals surface area contributed by atoms with E-state index in [4.69, 9.17) is 0 Å². The molecular formula is C26H28FIN6O6S. The summed E-state index contributed by atoms with van der Waals surface area (Å²) in [6.45, 7) is 2.67. The second-order valence-corrected chi connectivity index (χ2v) is 12.4. The van der Waals surface area contributed by atoms with Crippen molar-refractivity contribution >= 4 is 60.9 Å². The second kappa shape index (κ2) is 11.8. The molecule has 0 amide bonds. The van der Waals surface area contributed by atoms with Gasteiger partial charge in [0.05, 0.1) is 22.7 Å². The average Bonchev–Trinajstić information content (AvgIpc) is 2.93. The smallest absolute Gasteiger partial charge is 0.337 e. The Labute approximate surface area is 247 Å². The van der Waals surface area contributed by atoms with E-state index in [2.05, 4.69) is 14.8 Å². The van der Waals surface area contributed by atoms with E-state index < -0.39 is 38.8 Å². The number of fused-ring (bicyclic) bond motifs is 1. The predicted octanol–water partition coefficient (Wildman–Crippen LogP) is 2.15. The molecule has 1 atom stereocenters. The molecule has 0 saturated heterocycles. The maximum Gasteiger partial charge on any atom is 0.337 e. The molecule has 0 aliphatic carbocycles. The Bertz CT molecular complexity index is 1950. The van der Waals surface area contributed by atoms with Crippen LogP contribution in [0.25, 0.3) is 16.7 Å². The highest BCUT2D eigenvalue weighted by atomic mass is 127. The van der Waals surface area contributed by atoms with E-state index in [0.29, 0.717) is 3.57 Å². The lowest BCUT2D eigenvalue weighted by molar-refractivity contribution is 0.220. The number of nitrogens with one attached hydrogen (secondary N) is 3. The van der Waals surface area contributed by atoms with Crippen molar-refractivity contribution < 1.29 is 17.9 Å². The van der Waals surface area contributed by atoms with Crippen molar-refractivity contribution in [1.29, 1.82) is 0 Å². The highest BCUT2D eigenvalue weighted by molar-refractivity contribution is 14.1. The van der Waals surface area contributed by atoms with E-state index in [-0.39, 0.29) is 52.5 Å². The summed E-state index contributed by atoms with van der Waals surface area (Å²) in [6.07, 6.45) is 0. The van der Waals surface area contributed by atoms with Gasteiger partial charge in [-0.2, -0.15) is 8.42 Å². The number of anilines is 3. The minimum atomic E-state index is -3.90. The Hall–Kier alpha value is -3.54. The fraction of sp³-hybridized carbons (Fsp3) is 0.269. The highest BCUT2D eigenvalue weighted by Gasteiger charge is 2.24. The number of hydrogen-bond donors (Lipinski definition) is 4. The van der Waals surface area contributed by atoms with Crippen LogP contribution in [0.3, 0.4) is 0 Å². The number of rotatable bonds is 9. The Morgan fingerprint density at radius 3 is 2.44 bits per heavy atom. The summed E-state index contributed by atoms with van der Waals surface area (Å²) in [4.78, 5) is 41.3. The number of aliphatic hydroxyl groups excluding tert-OH is 1. The van der Waals surface area contributed by atoms with E-state index in [9.17, 15) is 32.3 Å². The summed E-state index contributed by atoms with van der Waals surface area (Å²) in [5.74, 6) is -1.10. The van der Waals surface area contributed by atoms with Crippen LogP contribution in [0, 0.1) is 22.2 Å². The number of aromatic nitrogens is 3. The Kier molecular flexibility index (Phi) is 8.72. The van der Waals surface area contributed by atoms with E-state index in [0.717, 1.165) is 13.7 Å². The maximum atomic E-state index is 14.9. The first-order chi connectivity index (χ1) is 19.3. The van der Waals surface area contributed by atoms with Gasteiger partial charge in [0.2, 0.25) is 0 Å². The SMILES string of the molecule is CNS(=O)(=O)Nc1cccc(-n2c(=O)n(CC(C)CO)c(=O)c3c(Nc4ccc(I)cc4F)c(C)c(=O)n(C)c32)c1. The van der Waals surface area contributed by atoms with Crippen molar-refractivity contribution in [1.82, 2.24) is 18.4 Å². The monoisotopic (exact) mass is 698 g/mol. The number of pyridine rings is 1. The lowest BCUT2D eigenvalue weighted by Crippen LogP contribution is -2.43. The Balaban J connectivity index is 2.15. The largest absolute Gasteiger partial charge is 0.396 e. The zero-order valence-electron chi connectivity index (χ0n) is 22.5. The fourth-order valence-electron chi connectivity index (χ4n) is 4.38. The first-order valence-electron chi connectivity index (χ1n) is 12.3. The number of aliphatic hydroxyl groups is 1. The number of nitrogens with zero attached hydrogens (tertiary/aromatic N) is 3. The molecule has 0 spiro atoms. The summed E-state index contributed by atoms with van der Waals surface area (Å²) < 4.78 is 47.4. The van der Waals surface area contributed by atoms with E-state index in [1.54, 1.807) is 13.0 Å². The van der Waals surface area contributed by atoms with Gasteiger partial charge in [0.25, 0.3) is 21.3 Å². The third-order valence-corrected chi connectivity index (χ3v) is 8.22. The van der Waals surface area contributed by atoms with Crippen LogP contribution in [0.1, 0.15) is 12.5 Å². The average molecular weight is 699 g/mol. The van der Waals surface area contributed by atoms with Gasteiger partial charge in [0.15, 0.2) is 0 Å². The van der Waals surface area contributed by atoms with Gasteiger partial charge in [-0.1, -0.05) is 13.0 Å². The molecule has 2 aromatic carbocycles. The van der Waals surface area contributed by atoms with Gasteiger partial charge in [0.1, 0.15) is 16.9 Å². The first-order valence-corrected chi connectivity index (χ1v) is 14.9. The van der Waals surface area contributed by atoms with Crippen LogP contribution < -0.4 is 31.6 Å². The molecule has 2 heterocycles. The van der Waals surface area contributed by atoms with Gasteiger partial charge in [-0.15, -0.1) is 0 Å². The molecule has 4 N–H and O–H groups in total. The minimum absolute atomic E-state index is 0.0129. The third-order valence-electron chi connectivity index (χ3n) is 6.51. The lowest BCUT2D eigenvalue weighted by Gasteiger charge is -2.21. The number of hydrogen-bond acceptors (Lipinski definition) is 7. The molecule has 218 valence electrons. The number of aryl methyl sites for hydroxylation is 1. The normalized spacial score (nSPS) is 12.5. The molecule has 4 rings (SSSR count). The molecule has 2 aromatic heterocycles. The number of halogens is 2. The second-order valence-electron chi connectivity index (χ2n) is 9.49. The molecule has 0 fully saturated rings. The quantitative estimate of drug-likeness (QED) is 0.195. The summed E-state index contributed by atoms with van der Waals surface area (Å²) in [6, 6.07) is 10.3. The molecule has 0 bridgehead atoms. The molecule has 15 heteroatoms. The highest BCUT2D eigenvalue weighted by Crippen LogP contribution is 2.29. The van der Waals surface area contributed by atoms with Gasteiger partial charge in [0, 0.05) is 36.4 Å². The van der Waals surface area contributed by atoms with Crippen molar-refractivity contribution in [2.75, 3.05) is 23.7 Å². The van der Waals surface area contributed by atoms with Crippen LogP contribution in [-0.2, 0) is 23.8 Å². The van der Waals surface area contributed by atoms with Crippen LogP contribution in [-0.4, -0.2) is 40.9 Å². The summed E-state index contributed by atoms with van der Waals surface area (Å²) in [5.41, 5.74) is -1.82. The standard InChI is InChI=1S/C26H28FIN6O6S/c1-14(13-35)12-33-25(37)21-22(30-20-9-8-16(28)10-19(20)27)15(2)24(36)32(4)23(21)34(26(33)38)18-7-5-6-17(11-18)31-41(39,40)29-3/h5-11,14,29-31,35H,12-13H2,1-4H3. The van der Waals surface area contributed by atoms with Gasteiger partial charge >= 0.3 is 5.69 Å². The van der Waals surface area contributed by atoms with Crippen LogP contribution in [0.2, 0.25) is 0 Å². The maximum absolute atomic E-state index is 14.9. The van der Waals surface area contributed by atoms with Gasteiger partial charge in [-0.05, 0) is 71.8 Å². The molecule has 41 heavy (non-hydrogen) atoms. The first kappa shape index (κ1) is 30.4. The zero-order chi connectivity index (χ0) is 30.2. The van der Waals surface area contributed by atoms with Crippen molar-refractivity contribution in [3.63, 3.8) is 0 Å². The predicted molar refractivity (Wildman–Crippen MR) is 164 cm³/mol. The molecule has 12 nitrogen and oxygen atoms in total. The fourth-order valence-corrected chi connectivity index (χ4v) is 5.37. The Morgan fingerprint density at radius 2 is 1.80 bits per heavy atom. The lowest BCUT2D eigenvalue weighted by atomic mass is 10.1. The van der Waals surface area contributed by atoms with Gasteiger partial charge in [-0.25, -0.2) is 18.5 Å². The van der Waals surface area contributed by atoms with Crippen LogP contribution in [0.15, 0.2) is 56.8 Å². The minimum Gasteiger partial charge on any atom is -0.396 e. The van der Waals surface area contributed by atoms with Crippen LogP contribution >= 0.6 is 22.6 Å². The van der Waals surface area contributed by atoms with Gasteiger partial charge in [-0.3, -0.25) is 23.4 Å². The number of benzene rings is 2. The topological polar surface area (TPSA) is 156 Å². The summed E-state index contributed by atoms with van der Waals surface area (Å²) in [5, 5.41) is 12.5. The zero-order valence-corrected chi connectivity index (χ0v) is 25.5. The van der Waals surface area contributed by atoms with Crippen molar-refractivity contribution in [2.45, 2.75) is 20.4 Å². The molecule has 0 saturated carbocycles. The molecule has 4 aromatic rings. The molecule has 0 aliphatic rings. The van der Waals surface area contributed by atoms with Crippen molar-refractivity contribution in [3.05, 3.63) is 88.6 Å². The van der Waals surface area contributed by atoms with Crippen LogP contribution in [0.5, 0.6) is 0 Å². The van der Waals surface area contributed by atoms with Crippen LogP contribution in [0.4, 0.5) is 21.5 Å². The summed E-state index contributed by atoms with van der Waals surface area (Å²) in [7, 11) is -1.27. The third kappa shape index (κ3) is 5.93. The molecule has 0 radical (unpaired) electrons.